The van der Waals surface area contributed by atoms with E-state index < -0.39 is 0 Å². The second-order valence-electron chi connectivity index (χ2n) is 0. The topological polar surface area (TPSA) is 40.5 Å². The second-order valence-corrected chi connectivity index (χ2v) is 0. The van der Waals surface area contributed by atoms with Crippen LogP contribution < -0.4 is 0 Å². The van der Waals surface area contributed by atoms with Crippen molar-refractivity contribution in [2.75, 3.05) is 0 Å². The molecule has 0 radical (unpaired) electrons. The number of hydrogen-bond acceptors (Lipinski definition) is 2. The number of rotatable bonds is 0. The SMILES string of the molecule is OO.[GeH4].[GeH4]. The zero-order valence-corrected chi connectivity index (χ0v) is 0.894. The number of hydrogen-bond donors (Lipinski definition) is 2. The van der Waals surface area contributed by atoms with Gasteiger partial charge in [0.05, 0.1) is 0 Å². The summed E-state index contributed by atoms with van der Waals surface area (Å²) in [6.07, 6.45) is 0. The van der Waals surface area contributed by atoms with Gasteiger partial charge >= 0.3 is 35.2 Å². The molecular formula is H10Ge2O2. The first-order valence-electron chi connectivity index (χ1n) is 0.200. The summed E-state index contributed by atoms with van der Waals surface area (Å²) in [7, 11) is 0. The molecule has 0 bridgehead atoms. The average Bonchev–Trinajstić information content (AvgIpc) is 1.00. The summed E-state index contributed by atoms with van der Waals surface area (Å²) in [4.78, 5) is 0. The molecule has 0 rings (SSSR count). The standard InChI is InChI=1S/2GeH4.H2O2/c;;1-2/h2*1H4;1-2H. The summed E-state index contributed by atoms with van der Waals surface area (Å²) in [5.74, 6) is 0. The summed E-state index contributed by atoms with van der Waals surface area (Å²) in [6, 6.07) is 0. The van der Waals surface area contributed by atoms with Gasteiger partial charge in [-0.1, -0.05) is 0 Å². The fourth-order valence-electron chi connectivity index (χ4n) is 0. The van der Waals surface area contributed by atoms with Crippen molar-refractivity contribution >= 4 is 35.2 Å². The first kappa shape index (κ1) is 20.0. The van der Waals surface area contributed by atoms with E-state index in [0.29, 0.717) is 0 Å². The van der Waals surface area contributed by atoms with E-state index in [-0.39, 0.29) is 35.2 Å². The van der Waals surface area contributed by atoms with E-state index in [2.05, 4.69) is 0 Å². The Morgan fingerprint density at radius 1 is 0.750 bits per heavy atom. The Morgan fingerprint density at radius 2 is 0.750 bits per heavy atom. The predicted octanol–water partition coefficient (Wildman–Crippen LogP) is -2.89. The fourth-order valence-corrected chi connectivity index (χ4v) is 0. The minimum atomic E-state index is 0. The Labute approximate surface area is 46.1 Å². The third-order valence-corrected chi connectivity index (χ3v) is 0. The Hall–Kier alpha value is 1.01. The van der Waals surface area contributed by atoms with Crippen LogP contribution in [0.1, 0.15) is 0 Å². The molecule has 0 heterocycles. The molecule has 0 aromatic rings. The molecule has 2 nitrogen and oxygen atoms in total. The second kappa shape index (κ2) is 35.8. The van der Waals surface area contributed by atoms with Crippen molar-refractivity contribution in [1.82, 2.24) is 0 Å². The summed E-state index contributed by atoms with van der Waals surface area (Å²) in [6.45, 7) is 0. The molecule has 0 aliphatic heterocycles. The van der Waals surface area contributed by atoms with Crippen LogP contribution in [0, 0.1) is 0 Å². The minimum absolute atomic E-state index is 0. The van der Waals surface area contributed by atoms with Crippen LogP contribution in [0.4, 0.5) is 0 Å². The van der Waals surface area contributed by atoms with Crippen LogP contribution in [-0.2, 0) is 0 Å². The van der Waals surface area contributed by atoms with E-state index in [9.17, 15) is 0 Å². The van der Waals surface area contributed by atoms with Gasteiger partial charge in [-0.15, -0.1) is 0 Å². The third kappa shape index (κ3) is 12.0. The monoisotopic (exact) mass is 190 g/mol. The molecule has 0 fully saturated rings. The van der Waals surface area contributed by atoms with Gasteiger partial charge in [0.2, 0.25) is 0 Å². The first-order valence-corrected chi connectivity index (χ1v) is 0.200. The molecule has 0 spiro atoms. The van der Waals surface area contributed by atoms with Crippen molar-refractivity contribution in [2.24, 2.45) is 0 Å². The van der Waals surface area contributed by atoms with Gasteiger partial charge in [-0.3, -0.25) is 10.5 Å². The summed E-state index contributed by atoms with van der Waals surface area (Å²) in [5.41, 5.74) is 0. The summed E-state index contributed by atoms with van der Waals surface area (Å²) in [5, 5.41) is 12.0. The van der Waals surface area contributed by atoms with E-state index in [1.165, 1.54) is 0 Å². The van der Waals surface area contributed by atoms with E-state index in [0.717, 1.165) is 0 Å². The average molecular weight is 187 g/mol. The molecule has 0 aromatic carbocycles. The van der Waals surface area contributed by atoms with Gasteiger partial charge < -0.3 is 0 Å². The normalized spacial score (nSPS) is 1.50. The Morgan fingerprint density at radius 3 is 0.750 bits per heavy atom. The molecule has 30 valence electrons. The molecule has 0 saturated heterocycles. The maximum atomic E-state index is 6.00. The molecule has 0 aliphatic rings. The van der Waals surface area contributed by atoms with Gasteiger partial charge in [-0.25, -0.2) is 0 Å². The van der Waals surface area contributed by atoms with Crippen molar-refractivity contribution in [2.45, 2.75) is 0 Å². The zero-order valence-electron chi connectivity index (χ0n) is 0.894. The molecule has 0 saturated carbocycles. The molecule has 0 aliphatic carbocycles. The van der Waals surface area contributed by atoms with Gasteiger partial charge in [0.25, 0.3) is 0 Å². The Balaban J connectivity index is -0.00000000500. The van der Waals surface area contributed by atoms with Crippen molar-refractivity contribution in [3.8, 4) is 0 Å². The van der Waals surface area contributed by atoms with E-state index in [1.54, 1.807) is 0 Å². The third-order valence-electron chi connectivity index (χ3n) is 0. The van der Waals surface area contributed by atoms with Gasteiger partial charge in [0, 0.05) is 0 Å². The van der Waals surface area contributed by atoms with E-state index in [4.69, 9.17) is 10.5 Å². The first-order chi connectivity index (χ1) is 1.00. The zero-order chi connectivity index (χ0) is 2.00. The molecule has 0 atom stereocenters. The van der Waals surface area contributed by atoms with Gasteiger partial charge in [-0.05, 0) is 0 Å². The van der Waals surface area contributed by atoms with Crippen LogP contribution >= 0.6 is 0 Å². The fraction of sp³-hybridized carbons (Fsp3) is 0. The van der Waals surface area contributed by atoms with E-state index in [1.807, 2.05) is 0 Å². The van der Waals surface area contributed by atoms with Gasteiger partial charge in [0.1, 0.15) is 0 Å². The molecule has 4 heavy (non-hydrogen) atoms. The van der Waals surface area contributed by atoms with Crippen LogP contribution in [0.3, 0.4) is 0 Å². The molecule has 2 N–H and O–H groups in total. The van der Waals surface area contributed by atoms with Crippen LogP contribution in [0.5, 0.6) is 0 Å². The van der Waals surface area contributed by atoms with Crippen LogP contribution in [0.2, 0.25) is 0 Å². The molecule has 0 unspecified atom stereocenters. The molecular weight excluding hydrogens is 177 g/mol. The van der Waals surface area contributed by atoms with Crippen molar-refractivity contribution in [1.29, 1.82) is 0 Å². The molecule has 0 aromatic heterocycles. The van der Waals surface area contributed by atoms with Crippen LogP contribution in [-0.4, -0.2) is 45.7 Å². The predicted molar refractivity (Wildman–Crippen MR) is 27.9 cm³/mol. The maximum absolute atomic E-state index is 6.00. The van der Waals surface area contributed by atoms with Crippen molar-refractivity contribution < 1.29 is 10.5 Å². The summed E-state index contributed by atoms with van der Waals surface area (Å²) >= 11 is 0. The van der Waals surface area contributed by atoms with Crippen molar-refractivity contribution in [3.05, 3.63) is 0 Å². The van der Waals surface area contributed by atoms with E-state index >= 15 is 0 Å². The Bertz CT molecular complexity index is 4.00. The van der Waals surface area contributed by atoms with Crippen LogP contribution in [0.15, 0.2) is 0 Å². The van der Waals surface area contributed by atoms with Crippen LogP contribution in [0.25, 0.3) is 0 Å². The van der Waals surface area contributed by atoms with Crippen molar-refractivity contribution in [3.63, 3.8) is 0 Å². The Kier molecular flexibility index (Phi) is 179. The van der Waals surface area contributed by atoms with Gasteiger partial charge in [0.15, 0.2) is 0 Å². The van der Waals surface area contributed by atoms with Gasteiger partial charge in [-0.2, -0.15) is 0 Å². The quantitative estimate of drug-likeness (QED) is 0.243. The molecule has 4 heteroatoms. The molecule has 0 amide bonds. The summed E-state index contributed by atoms with van der Waals surface area (Å²) < 4.78 is 0.